The number of ether oxygens (including phenoxy) is 1. The highest BCUT2D eigenvalue weighted by Gasteiger charge is 2.37. The molecule has 0 radical (unpaired) electrons. The van der Waals surface area contributed by atoms with Gasteiger partial charge in [-0.1, -0.05) is 11.6 Å². The van der Waals surface area contributed by atoms with Crippen molar-refractivity contribution in [3.63, 3.8) is 0 Å². The van der Waals surface area contributed by atoms with Gasteiger partial charge >= 0.3 is 0 Å². The molecule has 1 saturated heterocycles. The zero-order chi connectivity index (χ0) is 20.8. The largest absolute Gasteiger partial charge is 0.496 e. The maximum absolute atomic E-state index is 13.1. The van der Waals surface area contributed by atoms with Crippen molar-refractivity contribution in [1.29, 1.82) is 0 Å². The third-order valence-corrected chi connectivity index (χ3v) is 5.29. The van der Waals surface area contributed by atoms with E-state index in [1.165, 1.54) is 12.0 Å². The van der Waals surface area contributed by atoms with Crippen LogP contribution in [0, 0.1) is 0 Å². The highest BCUT2D eigenvalue weighted by Crippen LogP contribution is 2.28. The van der Waals surface area contributed by atoms with Crippen molar-refractivity contribution >= 4 is 29.3 Å². The van der Waals surface area contributed by atoms with E-state index in [4.69, 9.17) is 16.3 Å². The first-order valence-corrected chi connectivity index (χ1v) is 9.89. The Labute approximate surface area is 171 Å². The van der Waals surface area contributed by atoms with Gasteiger partial charge in [-0.15, -0.1) is 0 Å². The Hall–Kier alpha value is -2.28. The second kappa shape index (κ2) is 9.78. The topological polar surface area (TPSA) is 70.2 Å². The van der Waals surface area contributed by atoms with Gasteiger partial charge in [0, 0.05) is 31.7 Å². The summed E-state index contributed by atoms with van der Waals surface area (Å²) in [5.41, 5.74) is 0.330. The Morgan fingerprint density at radius 1 is 1.25 bits per heavy atom. The molecule has 154 valence electrons. The highest BCUT2D eigenvalue weighted by atomic mass is 35.5. The molecule has 8 heteroatoms. The lowest BCUT2D eigenvalue weighted by atomic mass is 10.1. The molecular weight excluding hydrogens is 382 g/mol. The number of carbonyl (C=O) groups is 3. The molecule has 2 rings (SSSR count). The van der Waals surface area contributed by atoms with E-state index in [1.54, 1.807) is 35.0 Å². The SMILES string of the molecule is CCN(CC)C(=O)CN(C)C(=O)C1CCCN1C(=O)c1cc(Cl)ccc1OC. The van der Waals surface area contributed by atoms with E-state index in [0.29, 0.717) is 42.4 Å². The molecule has 1 unspecified atom stereocenters. The van der Waals surface area contributed by atoms with Crippen LogP contribution >= 0.6 is 11.6 Å². The third-order valence-electron chi connectivity index (χ3n) is 5.06. The maximum Gasteiger partial charge on any atom is 0.258 e. The first-order valence-electron chi connectivity index (χ1n) is 9.51. The van der Waals surface area contributed by atoms with Crippen LogP contribution in [0.1, 0.15) is 37.0 Å². The average Bonchev–Trinajstić information content (AvgIpc) is 3.17. The van der Waals surface area contributed by atoms with Gasteiger partial charge < -0.3 is 19.4 Å². The number of amides is 3. The predicted octanol–water partition coefficient (Wildman–Crippen LogP) is 2.28. The van der Waals surface area contributed by atoms with E-state index in [1.807, 2.05) is 13.8 Å². The molecule has 1 aliphatic rings. The van der Waals surface area contributed by atoms with Crippen molar-refractivity contribution in [3.05, 3.63) is 28.8 Å². The summed E-state index contributed by atoms with van der Waals surface area (Å²) in [6.45, 7) is 5.47. The molecule has 0 aromatic heterocycles. The van der Waals surface area contributed by atoms with E-state index in [0.717, 1.165) is 6.42 Å². The smallest absolute Gasteiger partial charge is 0.258 e. The minimum Gasteiger partial charge on any atom is -0.496 e. The summed E-state index contributed by atoms with van der Waals surface area (Å²) in [6, 6.07) is 4.25. The molecule has 0 N–H and O–H groups in total. The summed E-state index contributed by atoms with van der Waals surface area (Å²) in [6.07, 6.45) is 1.29. The Kier molecular flexibility index (Phi) is 7.69. The summed E-state index contributed by atoms with van der Waals surface area (Å²) in [5.74, 6) is -0.211. The fourth-order valence-electron chi connectivity index (χ4n) is 3.48. The van der Waals surface area contributed by atoms with E-state index in [2.05, 4.69) is 0 Å². The minimum atomic E-state index is -0.592. The lowest BCUT2D eigenvalue weighted by Crippen LogP contribution is -2.49. The molecule has 0 aliphatic carbocycles. The summed E-state index contributed by atoms with van der Waals surface area (Å²) in [5, 5.41) is 0.424. The number of nitrogens with zero attached hydrogens (tertiary/aromatic N) is 3. The minimum absolute atomic E-state index is 0.000466. The predicted molar refractivity (Wildman–Crippen MR) is 108 cm³/mol. The Balaban J connectivity index is 2.15. The molecule has 1 heterocycles. The summed E-state index contributed by atoms with van der Waals surface area (Å²) in [7, 11) is 3.09. The van der Waals surface area contributed by atoms with Gasteiger partial charge in [-0.25, -0.2) is 0 Å². The van der Waals surface area contributed by atoms with Crippen LogP contribution in [0.5, 0.6) is 5.75 Å². The van der Waals surface area contributed by atoms with Crippen LogP contribution in [0.15, 0.2) is 18.2 Å². The van der Waals surface area contributed by atoms with E-state index >= 15 is 0 Å². The molecule has 1 fully saturated rings. The first kappa shape index (κ1) is 22.0. The van der Waals surface area contributed by atoms with Crippen molar-refractivity contribution < 1.29 is 19.1 Å². The fraction of sp³-hybridized carbons (Fsp3) is 0.550. The van der Waals surface area contributed by atoms with Gasteiger partial charge in [0.15, 0.2) is 0 Å². The number of likely N-dealkylation sites (tertiary alicyclic amines) is 1. The lowest BCUT2D eigenvalue weighted by molar-refractivity contribution is -0.141. The molecule has 1 aromatic carbocycles. The lowest BCUT2D eigenvalue weighted by Gasteiger charge is -2.29. The van der Waals surface area contributed by atoms with Gasteiger partial charge in [0.1, 0.15) is 11.8 Å². The highest BCUT2D eigenvalue weighted by molar-refractivity contribution is 6.31. The van der Waals surface area contributed by atoms with Crippen LogP contribution in [-0.2, 0) is 9.59 Å². The number of hydrogen-bond donors (Lipinski definition) is 0. The molecule has 1 aromatic rings. The zero-order valence-electron chi connectivity index (χ0n) is 16.9. The molecule has 28 heavy (non-hydrogen) atoms. The molecule has 1 aliphatic heterocycles. The second-order valence-corrected chi connectivity index (χ2v) is 7.20. The molecule has 1 atom stereocenters. The fourth-order valence-corrected chi connectivity index (χ4v) is 3.65. The van der Waals surface area contributed by atoms with Crippen LogP contribution in [-0.4, -0.2) is 78.8 Å². The third kappa shape index (κ3) is 4.76. The van der Waals surface area contributed by atoms with Crippen molar-refractivity contribution in [2.45, 2.75) is 32.7 Å². The zero-order valence-corrected chi connectivity index (χ0v) is 17.7. The average molecular weight is 410 g/mol. The quantitative estimate of drug-likeness (QED) is 0.692. The Bertz CT molecular complexity index is 736. The molecule has 0 saturated carbocycles. The van der Waals surface area contributed by atoms with Crippen LogP contribution in [0.4, 0.5) is 0 Å². The Morgan fingerprint density at radius 3 is 2.54 bits per heavy atom. The maximum atomic E-state index is 13.1. The van der Waals surface area contributed by atoms with Gasteiger partial charge in [0.25, 0.3) is 5.91 Å². The van der Waals surface area contributed by atoms with E-state index < -0.39 is 6.04 Å². The molecular formula is C20H28ClN3O4. The van der Waals surface area contributed by atoms with Gasteiger partial charge in [0.2, 0.25) is 11.8 Å². The van der Waals surface area contributed by atoms with Gasteiger partial charge in [-0.2, -0.15) is 0 Å². The van der Waals surface area contributed by atoms with E-state index in [9.17, 15) is 14.4 Å². The monoisotopic (exact) mass is 409 g/mol. The number of methoxy groups -OCH3 is 1. The number of halogens is 1. The van der Waals surface area contributed by atoms with Crippen LogP contribution in [0.25, 0.3) is 0 Å². The number of carbonyl (C=O) groups excluding carboxylic acids is 3. The summed E-state index contributed by atoms with van der Waals surface area (Å²) in [4.78, 5) is 43.0. The van der Waals surface area contributed by atoms with Crippen molar-refractivity contribution in [3.8, 4) is 5.75 Å². The van der Waals surface area contributed by atoms with Gasteiger partial charge in [0.05, 0.1) is 19.2 Å². The van der Waals surface area contributed by atoms with Gasteiger partial charge in [-0.05, 0) is 44.9 Å². The number of likely N-dealkylation sites (N-methyl/N-ethyl adjacent to an activating group) is 2. The van der Waals surface area contributed by atoms with Crippen LogP contribution in [0.2, 0.25) is 5.02 Å². The van der Waals surface area contributed by atoms with E-state index in [-0.39, 0.29) is 24.3 Å². The molecule has 0 bridgehead atoms. The standard InChI is InChI=1S/C20H28ClN3O4/c1-5-23(6-2)18(25)13-22(3)20(27)16-8-7-11-24(16)19(26)15-12-14(21)9-10-17(15)28-4/h9-10,12,16H,5-8,11,13H2,1-4H3. The molecule has 3 amide bonds. The van der Waals surface area contributed by atoms with Crippen molar-refractivity contribution in [2.24, 2.45) is 0 Å². The van der Waals surface area contributed by atoms with Crippen LogP contribution in [0.3, 0.4) is 0 Å². The number of rotatable bonds is 7. The van der Waals surface area contributed by atoms with Crippen molar-refractivity contribution in [1.82, 2.24) is 14.7 Å². The molecule has 0 spiro atoms. The van der Waals surface area contributed by atoms with Crippen molar-refractivity contribution in [2.75, 3.05) is 40.3 Å². The summed E-state index contributed by atoms with van der Waals surface area (Å²) >= 11 is 6.04. The first-order chi connectivity index (χ1) is 13.3. The number of hydrogen-bond acceptors (Lipinski definition) is 4. The second-order valence-electron chi connectivity index (χ2n) is 6.76. The normalized spacial score (nSPS) is 16.0. The van der Waals surface area contributed by atoms with Crippen LogP contribution < -0.4 is 4.74 Å². The van der Waals surface area contributed by atoms with Gasteiger partial charge in [-0.3, -0.25) is 14.4 Å². The Morgan fingerprint density at radius 2 is 1.93 bits per heavy atom. The summed E-state index contributed by atoms with van der Waals surface area (Å²) < 4.78 is 5.28. The molecule has 7 nitrogen and oxygen atoms in total. The number of benzene rings is 1.